The van der Waals surface area contributed by atoms with Crippen molar-refractivity contribution in [3.8, 4) is 17.0 Å². The number of halogens is 1. The van der Waals surface area contributed by atoms with Crippen molar-refractivity contribution in [2.45, 2.75) is 173 Å². The molecule has 4 aromatic rings. The van der Waals surface area contributed by atoms with Crippen LogP contribution in [-0.4, -0.2) is 168 Å². The molecule has 2 aliphatic carbocycles. The Morgan fingerprint density at radius 2 is 1.50 bits per heavy atom. The van der Waals surface area contributed by atoms with E-state index in [0.717, 1.165) is 47.6 Å². The minimum atomic E-state index is -1.10. The molecule has 11 rings (SSSR count). The fraction of sp³-hybridized carbons (Fsp3) is 0.536. The number of fused-ring (bicyclic) bond motifs is 3. The van der Waals surface area contributed by atoms with Gasteiger partial charge in [0.05, 0.1) is 46.0 Å². The Kier molecular flexibility index (Phi) is 18.9. The number of aliphatic imine (C=N–C) groups is 1. The quantitative estimate of drug-likeness (QED) is 0.0346. The van der Waals surface area contributed by atoms with E-state index in [0.29, 0.717) is 118 Å². The number of nitrogens with zero attached hydrogens (tertiary/aromatic N) is 8. The van der Waals surface area contributed by atoms with Crippen molar-refractivity contribution in [1.29, 1.82) is 0 Å². The smallest absolute Gasteiger partial charge is 0.265 e. The first kappa shape index (κ1) is 63.5. The average molecular weight is 1230 g/mol. The molecule has 7 aliphatic rings. The number of likely N-dealkylation sites (tertiary alicyclic amines) is 3. The van der Waals surface area contributed by atoms with E-state index in [-0.39, 0.29) is 101 Å². The van der Waals surface area contributed by atoms with E-state index < -0.39 is 29.1 Å². The molecule has 0 radical (unpaired) electrons. The first-order chi connectivity index (χ1) is 43.3. The van der Waals surface area contributed by atoms with E-state index in [4.69, 9.17) is 9.72 Å². The molecule has 20 nitrogen and oxygen atoms in total. The molecule has 21 heteroatoms. The van der Waals surface area contributed by atoms with Gasteiger partial charge in [-0.25, -0.2) is 9.37 Å². The number of hydrogen-bond donors (Lipinski definition) is 3. The maximum absolute atomic E-state index is 16.0. The Hall–Kier alpha value is -8.07. The molecule has 5 fully saturated rings. The summed E-state index contributed by atoms with van der Waals surface area (Å²) < 4.78 is 22.4. The topological polar surface area (TPSA) is 227 Å². The molecule has 3 N–H and O–H groups in total. The van der Waals surface area contributed by atoms with E-state index >= 15 is 9.18 Å². The molecular weight excluding hydrogens is 1150 g/mol. The van der Waals surface area contributed by atoms with Gasteiger partial charge < -0.3 is 50.0 Å². The van der Waals surface area contributed by atoms with E-state index in [1.165, 1.54) is 44.5 Å². The van der Waals surface area contributed by atoms with Crippen LogP contribution in [0.25, 0.3) is 11.3 Å². The number of piperidine rings is 3. The fourth-order valence-electron chi connectivity index (χ4n) is 14.9. The summed E-state index contributed by atoms with van der Waals surface area (Å²) in [4.78, 5) is 129. The highest BCUT2D eigenvalue weighted by Gasteiger charge is 2.56. The summed E-state index contributed by atoms with van der Waals surface area (Å²) in [5, 5.41) is 8.68. The zero-order valence-electron chi connectivity index (χ0n) is 53.0. The van der Waals surface area contributed by atoms with Gasteiger partial charge in [-0.2, -0.15) is 0 Å². The summed E-state index contributed by atoms with van der Waals surface area (Å²) in [6, 6.07) is 16.9. The van der Waals surface area contributed by atoms with Crippen LogP contribution in [0.5, 0.6) is 5.75 Å². The number of ether oxygens (including phenoxy) is 1. The van der Waals surface area contributed by atoms with E-state index in [2.05, 4.69) is 42.9 Å². The van der Waals surface area contributed by atoms with Gasteiger partial charge in [-0.1, -0.05) is 24.6 Å². The second kappa shape index (κ2) is 26.8. The summed E-state index contributed by atoms with van der Waals surface area (Å²) in [7, 11) is 3.17. The summed E-state index contributed by atoms with van der Waals surface area (Å²) >= 11 is 0. The standard InChI is InChI=1S/C69H86FN11O9/c1-41(2)73-63(84)52-38-56(54(70)34-43(52)5)75-62-57(79(40-71-6)42(3)4)22-21-55(74-62)46-18-20-53-58(35-46)80(49-36-48(37-49)76-28-9-8-10-29-76)68(89)69(53)26-32-78(33-27-69)65(86)45-16-14-44(15-17-45)64(85)77-30-24-50(25-31-77)90-59-13-11-12-51-61(59)67(88)81(66(51)87)47(39-82)19-23-60(83)72-7/h11-13,18,20-22,34-35,38-42,44-45,47-50H,8-10,14-17,19,23-33,36-37H2,1-7H3,(H,72,83)(H,73,84)(H,74,75)/b71-40-. The highest BCUT2D eigenvalue weighted by Crippen LogP contribution is 2.53. The lowest BCUT2D eigenvalue weighted by Gasteiger charge is -2.48. The minimum absolute atomic E-state index is 0.00334. The zero-order chi connectivity index (χ0) is 63.7. The average Bonchev–Trinajstić information content (AvgIpc) is 1.60. The van der Waals surface area contributed by atoms with E-state index in [9.17, 15) is 33.6 Å². The Labute approximate surface area is 526 Å². The number of pyridine rings is 1. The molecule has 3 aromatic carbocycles. The number of aryl methyl sites for hydroxylation is 1. The lowest BCUT2D eigenvalue weighted by atomic mass is 9.72. The summed E-state index contributed by atoms with van der Waals surface area (Å²) in [5.74, 6) is -1.99. The Morgan fingerprint density at radius 1 is 0.822 bits per heavy atom. The van der Waals surface area contributed by atoms with Crippen molar-refractivity contribution in [1.82, 2.24) is 35.2 Å². The molecule has 3 saturated heterocycles. The molecule has 1 unspecified atom stereocenters. The lowest BCUT2D eigenvalue weighted by molar-refractivity contribution is -0.144. The predicted octanol–water partition coefficient (Wildman–Crippen LogP) is 8.74. The van der Waals surface area contributed by atoms with E-state index in [1.807, 2.05) is 60.6 Å². The number of rotatable bonds is 19. The number of amides is 7. The van der Waals surface area contributed by atoms with Crippen LogP contribution >= 0.6 is 0 Å². The number of nitrogens with one attached hydrogen (secondary N) is 3. The van der Waals surface area contributed by atoms with Gasteiger partial charge in [-0.05, 0) is 172 Å². The number of aromatic nitrogens is 1. The normalized spacial score (nSPS) is 22.2. The highest BCUT2D eigenvalue weighted by molar-refractivity contribution is 6.23. The van der Waals surface area contributed by atoms with Gasteiger partial charge in [0.1, 0.15) is 24.0 Å². The van der Waals surface area contributed by atoms with Crippen LogP contribution in [0.3, 0.4) is 0 Å². The molecule has 2 saturated carbocycles. The summed E-state index contributed by atoms with van der Waals surface area (Å²) in [6.07, 6.45) is 11.6. The maximum Gasteiger partial charge on any atom is 0.265 e. The Bertz CT molecular complexity index is 3460. The molecular formula is C69H86FN11O9. The lowest BCUT2D eigenvalue weighted by Crippen LogP contribution is -2.58. The largest absolute Gasteiger partial charge is 0.489 e. The van der Waals surface area contributed by atoms with Crippen molar-refractivity contribution in [3.63, 3.8) is 0 Å². The third-order valence-electron chi connectivity index (χ3n) is 20.0. The fourth-order valence-corrected chi connectivity index (χ4v) is 14.9. The number of carbonyl (C=O) groups is 8. The molecule has 1 aromatic heterocycles. The van der Waals surface area contributed by atoms with Crippen molar-refractivity contribution < 1.29 is 47.5 Å². The van der Waals surface area contributed by atoms with Crippen LogP contribution in [0.2, 0.25) is 0 Å². The highest BCUT2D eigenvalue weighted by atomic mass is 19.1. The van der Waals surface area contributed by atoms with Gasteiger partial charge in [0.25, 0.3) is 17.7 Å². The van der Waals surface area contributed by atoms with Gasteiger partial charge in [0.15, 0.2) is 5.82 Å². The van der Waals surface area contributed by atoms with Crippen LogP contribution in [0, 0.1) is 24.6 Å². The SMILES string of the molecule is C/N=C\N(c1ccc(-c2ccc3c(c2)N(C2CC(N4CCCCC4)C2)C(=O)C32CCN(C(=O)C3CCC(C(=O)N4CCC(Oc5cccc6c5C(=O)N(C(C=O)CCC(=O)NC)C6=O)CC4)CC3)CC2)nc1Nc1cc(C(=O)NC(C)C)c(C)cc1F)C(C)C. The molecule has 90 heavy (non-hydrogen) atoms. The van der Waals surface area contributed by atoms with Crippen LogP contribution in [0.4, 0.5) is 27.3 Å². The zero-order valence-corrected chi connectivity index (χ0v) is 53.0. The molecule has 1 atom stereocenters. The van der Waals surface area contributed by atoms with Gasteiger partial charge in [-0.15, -0.1) is 0 Å². The van der Waals surface area contributed by atoms with Crippen LogP contribution in [0.15, 0.2) is 65.7 Å². The predicted molar refractivity (Wildman–Crippen MR) is 342 cm³/mol. The number of carbonyl (C=O) groups excluding carboxylic acids is 8. The summed E-state index contributed by atoms with van der Waals surface area (Å²) in [6.45, 7) is 13.4. The van der Waals surface area contributed by atoms with Crippen LogP contribution in [-0.2, 0) is 29.4 Å². The second-order valence-electron chi connectivity index (χ2n) is 26.3. The van der Waals surface area contributed by atoms with Crippen molar-refractivity contribution in [2.75, 3.05) is 68.5 Å². The summed E-state index contributed by atoms with van der Waals surface area (Å²) in [5.41, 5.74) is 4.25. The number of aldehydes is 1. The molecule has 7 amide bonds. The van der Waals surface area contributed by atoms with Crippen LogP contribution in [0.1, 0.15) is 166 Å². The first-order valence-electron chi connectivity index (χ1n) is 32.6. The molecule has 478 valence electrons. The molecule has 0 bridgehead atoms. The second-order valence-corrected chi connectivity index (χ2v) is 26.3. The minimum Gasteiger partial charge on any atom is -0.489 e. The Morgan fingerprint density at radius 3 is 2.13 bits per heavy atom. The Balaban J connectivity index is 0.753. The molecule has 5 aliphatic heterocycles. The number of anilines is 4. The van der Waals surface area contributed by atoms with E-state index in [1.54, 1.807) is 32.4 Å². The van der Waals surface area contributed by atoms with Gasteiger partial charge in [-0.3, -0.25) is 43.5 Å². The number of imide groups is 1. The number of benzene rings is 3. The van der Waals surface area contributed by atoms with Gasteiger partial charge >= 0.3 is 0 Å². The maximum atomic E-state index is 16.0. The van der Waals surface area contributed by atoms with Gasteiger partial charge in [0, 0.05) is 112 Å². The van der Waals surface area contributed by atoms with Crippen LogP contribution < -0.4 is 30.5 Å². The number of hydrogen-bond acceptors (Lipinski definition) is 13. The first-order valence-corrected chi connectivity index (χ1v) is 32.6. The van der Waals surface area contributed by atoms with Crippen molar-refractivity contribution in [2.24, 2.45) is 16.8 Å². The third kappa shape index (κ3) is 12.5. The molecule has 6 heterocycles. The third-order valence-corrected chi connectivity index (χ3v) is 20.0. The van der Waals surface area contributed by atoms with Crippen molar-refractivity contribution in [3.05, 3.63) is 94.3 Å². The molecule has 1 spiro atoms. The van der Waals surface area contributed by atoms with Crippen molar-refractivity contribution >= 4 is 76.9 Å². The monoisotopic (exact) mass is 1230 g/mol. The van der Waals surface area contributed by atoms with Gasteiger partial charge in [0.2, 0.25) is 23.6 Å².